The van der Waals surface area contributed by atoms with Gasteiger partial charge in [0.1, 0.15) is 0 Å². The average molecular weight is 194 g/mol. The normalized spacial score (nSPS) is 18.6. The molecule has 1 amide bonds. The zero-order valence-corrected chi connectivity index (χ0v) is 8.13. The van der Waals surface area contributed by atoms with E-state index in [0.29, 0.717) is 6.54 Å². The Kier molecular flexibility index (Phi) is 2.25. The number of carbonyl (C=O) groups is 1. The molecule has 2 rings (SSSR count). The van der Waals surface area contributed by atoms with Crippen molar-refractivity contribution in [2.45, 2.75) is 13.5 Å². The van der Waals surface area contributed by atoms with Gasteiger partial charge in [-0.15, -0.1) is 0 Å². The van der Waals surface area contributed by atoms with E-state index in [1.165, 1.54) is 0 Å². The minimum atomic E-state index is -0.219. The molecular formula is C9H14N4O. The Balaban J connectivity index is 1.84. The van der Waals surface area contributed by atoms with Gasteiger partial charge in [0.05, 0.1) is 11.6 Å². The van der Waals surface area contributed by atoms with Crippen molar-refractivity contribution in [2.24, 2.45) is 5.41 Å². The molecule has 1 fully saturated rings. The number of aromatic nitrogens is 2. The van der Waals surface area contributed by atoms with E-state index < -0.39 is 0 Å². The number of carbonyl (C=O) groups excluding carboxylic acids is 1. The van der Waals surface area contributed by atoms with Crippen LogP contribution in [0.1, 0.15) is 12.5 Å². The molecule has 1 aromatic heterocycles. The fraction of sp³-hybridized carbons (Fsp3) is 0.556. The lowest BCUT2D eigenvalue weighted by atomic mass is 9.83. The second-order valence-electron chi connectivity index (χ2n) is 3.95. The standard InChI is InChI=1S/C9H14N4O/c1-9(5-10-6-9)8(14)11-2-7-3-12-13-4-7/h3-4,10H,2,5-6H2,1H3,(H,11,14)(H,12,13). The minimum Gasteiger partial charge on any atom is -0.351 e. The van der Waals surface area contributed by atoms with Crippen LogP contribution in [0.2, 0.25) is 0 Å². The third-order valence-electron chi connectivity index (χ3n) is 2.59. The lowest BCUT2D eigenvalue weighted by molar-refractivity contribution is -0.132. The third-order valence-corrected chi connectivity index (χ3v) is 2.59. The Morgan fingerprint density at radius 3 is 3.00 bits per heavy atom. The third kappa shape index (κ3) is 1.63. The number of H-pyrrole nitrogens is 1. The summed E-state index contributed by atoms with van der Waals surface area (Å²) >= 11 is 0. The molecule has 0 spiro atoms. The van der Waals surface area contributed by atoms with Crippen LogP contribution in [0.25, 0.3) is 0 Å². The first-order valence-corrected chi connectivity index (χ1v) is 4.67. The van der Waals surface area contributed by atoms with E-state index in [2.05, 4.69) is 20.8 Å². The lowest BCUT2D eigenvalue weighted by Crippen LogP contribution is -2.59. The summed E-state index contributed by atoms with van der Waals surface area (Å²) in [6.07, 6.45) is 3.49. The Labute approximate surface area is 82.3 Å². The highest BCUT2D eigenvalue weighted by molar-refractivity contribution is 5.83. The zero-order valence-electron chi connectivity index (χ0n) is 8.13. The topological polar surface area (TPSA) is 69.8 Å². The molecule has 1 aliphatic heterocycles. The Bertz CT molecular complexity index is 316. The number of nitrogens with one attached hydrogen (secondary N) is 3. The van der Waals surface area contributed by atoms with Crippen LogP contribution in [0.4, 0.5) is 0 Å². The van der Waals surface area contributed by atoms with Gasteiger partial charge in [-0.2, -0.15) is 5.10 Å². The second-order valence-corrected chi connectivity index (χ2v) is 3.95. The molecule has 0 atom stereocenters. The second kappa shape index (κ2) is 3.42. The summed E-state index contributed by atoms with van der Waals surface area (Å²) in [5.74, 6) is 0.109. The molecule has 1 saturated heterocycles. The van der Waals surface area contributed by atoms with Gasteiger partial charge in [0.15, 0.2) is 0 Å². The van der Waals surface area contributed by atoms with Gasteiger partial charge in [-0.05, 0) is 6.92 Å². The molecule has 1 aliphatic rings. The summed E-state index contributed by atoms with van der Waals surface area (Å²) in [5, 5.41) is 12.5. The van der Waals surface area contributed by atoms with E-state index in [9.17, 15) is 4.79 Å². The van der Waals surface area contributed by atoms with E-state index in [4.69, 9.17) is 0 Å². The van der Waals surface area contributed by atoms with E-state index in [1.54, 1.807) is 12.4 Å². The maximum absolute atomic E-state index is 11.7. The molecule has 2 heterocycles. The minimum absolute atomic E-state index is 0.109. The molecule has 5 heteroatoms. The van der Waals surface area contributed by atoms with Gasteiger partial charge in [0.2, 0.25) is 5.91 Å². The molecule has 3 N–H and O–H groups in total. The van der Waals surface area contributed by atoms with Gasteiger partial charge in [0, 0.05) is 31.4 Å². The first kappa shape index (κ1) is 9.21. The molecule has 0 aromatic carbocycles. The van der Waals surface area contributed by atoms with Gasteiger partial charge in [-0.3, -0.25) is 9.89 Å². The summed E-state index contributed by atoms with van der Waals surface area (Å²) in [5.41, 5.74) is 0.776. The van der Waals surface area contributed by atoms with Crippen LogP contribution in [-0.4, -0.2) is 29.2 Å². The highest BCUT2D eigenvalue weighted by atomic mass is 16.2. The zero-order chi connectivity index (χ0) is 10.0. The first-order valence-electron chi connectivity index (χ1n) is 4.67. The number of amides is 1. The number of rotatable bonds is 3. The maximum Gasteiger partial charge on any atom is 0.228 e. The highest BCUT2D eigenvalue weighted by Gasteiger charge is 2.38. The van der Waals surface area contributed by atoms with Gasteiger partial charge in [0.25, 0.3) is 0 Å². The largest absolute Gasteiger partial charge is 0.351 e. The van der Waals surface area contributed by atoms with Crippen LogP contribution in [0.15, 0.2) is 12.4 Å². The highest BCUT2D eigenvalue weighted by Crippen LogP contribution is 2.21. The SMILES string of the molecule is CC1(C(=O)NCc2cn[nH]c2)CNC1. The van der Waals surface area contributed by atoms with Gasteiger partial charge >= 0.3 is 0 Å². The fourth-order valence-corrected chi connectivity index (χ4v) is 1.43. The van der Waals surface area contributed by atoms with Crippen molar-refractivity contribution in [2.75, 3.05) is 13.1 Å². The summed E-state index contributed by atoms with van der Waals surface area (Å²) in [4.78, 5) is 11.7. The summed E-state index contributed by atoms with van der Waals surface area (Å²) in [6.45, 7) is 4.05. The van der Waals surface area contributed by atoms with Crippen molar-refractivity contribution >= 4 is 5.91 Å². The van der Waals surface area contributed by atoms with Gasteiger partial charge in [-0.1, -0.05) is 0 Å². The lowest BCUT2D eigenvalue weighted by Gasteiger charge is -2.37. The Morgan fingerprint density at radius 2 is 2.50 bits per heavy atom. The Morgan fingerprint density at radius 1 is 1.71 bits per heavy atom. The van der Waals surface area contributed by atoms with E-state index in [-0.39, 0.29) is 11.3 Å². The number of nitrogens with zero attached hydrogens (tertiary/aromatic N) is 1. The molecule has 0 unspecified atom stereocenters. The van der Waals surface area contributed by atoms with E-state index >= 15 is 0 Å². The number of aromatic amines is 1. The van der Waals surface area contributed by atoms with Crippen molar-refractivity contribution in [3.63, 3.8) is 0 Å². The monoisotopic (exact) mass is 194 g/mol. The molecule has 0 saturated carbocycles. The molecule has 0 aliphatic carbocycles. The smallest absolute Gasteiger partial charge is 0.228 e. The van der Waals surface area contributed by atoms with Crippen LogP contribution >= 0.6 is 0 Å². The van der Waals surface area contributed by atoms with Crippen LogP contribution in [0.3, 0.4) is 0 Å². The van der Waals surface area contributed by atoms with Crippen molar-refractivity contribution in [3.05, 3.63) is 18.0 Å². The molecule has 14 heavy (non-hydrogen) atoms. The van der Waals surface area contributed by atoms with Crippen molar-refractivity contribution in [1.82, 2.24) is 20.8 Å². The average Bonchev–Trinajstić information content (AvgIpc) is 2.62. The molecule has 0 radical (unpaired) electrons. The van der Waals surface area contributed by atoms with E-state index in [1.807, 2.05) is 6.92 Å². The predicted molar refractivity (Wildman–Crippen MR) is 51.4 cm³/mol. The van der Waals surface area contributed by atoms with Crippen molar-refractivity contribution < 1.29 is 4.79 Å². The van der Waals surface area contributed by atoms with Crippen molar-refractivity contribution in [3.8, 4) is 0 Å². The summed E-state index contributed by atoms with van der Waals surface area (Å²) < 4.78 is 0. The number of hydrogen-bond donors (Lipinski definition) is 3. The Hall–Kier alpha value is -1.36. The summed E-state index contributed by atoms with van der Waals surface area (Å²) in [7, 11) is 0. The van der Waals surface area contributed by atoms with Crippen LogP contribution in [-0.2, 0) is 11.3 Å². The molecule has 76 valence electrons. The molecular weight excluding hydrogens is 180 g/mol. The van der Waals surface area contributed by atoms with Crippen LogP contribution in [0.5, 0.6) is 0 Å². The molecule has 1 aromatic rings. The summed E-state index contributed by atoms with van der Waals surface area (Å²) in [6, 6.07) is 0. The van der Waals surface area contributed by atoms with E-state index in [0.717, 1.165) is 18.7 Å². The molecule has 5 nitrogen and oxygen atoms in total. The fourth-order valence-electron chi connectivity index (χ4n) is 1.43. The van der Waals surface area contributed by atoms with Gasteiger partial charge < -0.3 is 10.6 Å². The van der Waals surface area contributed by atoms with Crippen molar-refractivity contribution in [1.29, 1.82) is 0 Å². The predicted octanol–water partition coefficient (Wildman–Crippen LogP) is -0.365. The molecule has 0 bridgehead atoms. The quantitative estimate of drug-likeness (QED) is 0.615. The number of hydrogen-bond acceptors (Lipinski definition) is 3. The van der Waals surface area contributed by atoms with Crippen LogP contribution < -0.4 is 10.6 Å². The van der Waals surface area contributed by atoms with Gasteiger partial charge in [-0.25, -0.2) is 0 Å². The first-order chi connectivity index (χ1) is 6.71. The van der Waals surface area contributed by atoms with Crippen LogP contribution in [0, 0.1) is 5.41 Å². The maximum atomic E-state index is 11.7.